The SMILES string of the molecule is CC(=O)c1cccc(-c2ccccc2)c1.Nc1cccc2c1C(=O)c1ccccc1-2.c1ccc(-c2cccc(-c3cc4c5c(cccc5n3)-c3ccccc3-4)c2)cc1. The topological polar surface area (TPSA) is 73.1 Å². The minimum absolute atomic E-state index is 0.0405. The third-order valence-electron chi connectivity index (χ3n) is 10.8. The molecule has 8 aromatic carbocycles. The molecule has 2 aliphatic carbocycles. The predicted molar refractivity (Wildman–Crippen MR) is 239 cm³/mol. The number of hydrogen-bond donors (Lipinski definition) is 1. The number of benzene rings is 8. The van der Waals surface area contributed by atoms with E-state index in [9.17, 15) is 9.59 Å². The van der Waals surface area contributed by atoms with Crippen molar-refractivity contribution in [3.63, 3.8) is 0 Å². The number of nitrogens with two attached hydrogens (primary N) is 1. The highest BCUT2D eigenvalue weighted by atomic mass is 16.1. The molecule has 0 spiro atoms. The molecule has 4 heteroatoms. The summed E-state index contributed by atoms with van der Waals surface area (Å²) in [4.78, 5) is 28.3. The second kappa shape index (κ2) is 15.4. The molecule has 1 heterocycles. The third-order valence-corrected chi connectivity index (χ3v) is 10.8. The van der Waals surface area contributed by atoms with E-state index in [1.54, 1.807) is 13.0 Å². The zero-order valence-electron chi connectivity index (χ0n) is 31.9. The van der Waals surface area contributed by atoms with Gasteiger partial charge in [-0.1, -0.05) is 170 Å². The highest BCUT2D eigenvalue weighted by Crippen LogP contribution is 2.47. The van der Waals surface area contributed by atoms with Crippen molar-refractivity contribution in [1.82, 2.24) is 4.98 Å². The van der Waals surface area contributed by atoms with Gasteiger partial charge in [0, 0.05) is 27.8 Å². The van der Waals surface area contributed by atoms with Crippen LogP contribution >= 0.6 is 0 Å². The van der Waals surface area contributed by atoms with Crippen molar-refractivity contribution in [3.05, 3.63) is 217 Å². The van der Waals surface area contributed by atoms with Crippen LogP contribution in [-0.4, -0.2) is 16.6 Å². The summed E-state index contributed by atoms with van der Waals surface area (Å²) >= 11 is 0. The maximum absolute atomic E-state index is 12.0. The lowest BCUT2D eigenvalue weighted by Crippen LogP contribution is -1.99. The third kappa shape index (κ3) is 6.78. The van der Waals surface area contributed by atoms with E-state index < -0.39 is 0 Å². The molecule has 0 aliphatic heterocycles. The average Bonchev–Trinajstić information content (AvgIpc) is 3.77. The summed E-state index contributed by atoms with van der Waals surface area (Å²) in [6.07, 6.45) is 0. The highest BCUT2D eigenvalue weighted by molar-refractivity contribution is 6.24. The van der Waals surface area contributed by atoms with Gasteiger partial charge in [-0.2, -0.15) is 0 Å². The van der Waals surface area contributed by atoms with E-state index >= 15 is 0 Å². The first-order valence-electron chi connectivity index (χ1n) is 19.3. The Morgan fingerprint density at radius 1 is 0.431 bits per heavy atom. The average molecular weight is 747 g/mol. The number of nitrogen functional groups attached to an aromatic ring is 1. The summed E-state index contributed by atoms with van der Waals surface area (Å²) in [7, 11) is 0. The molecule has 2 N–H and O–H groups in total. The van der Waals surface area contributed by atoms with Crippen LogP contribution in [-0.2, 0) is 0 Å². The molecule has 9 aromatic rings. The Morgan fingerprint density at radius 2 is 0.914 bits per heavy atom. The lowest BCUT2D eigenvalue weighted by molar-refractivity contribution is 0.101. The van der Waals surface area contributed by atoms with Crippen molar-refractivity contribution in [2.45, 2.75) is 6.92 Å². The van der Waals surface area contributed by atoms with Crippen LogP contribution in [0, 0.1) is 0 Å². The van der Waals surface area contributed by atoms with Crippen molar-refractivity contribution in [2.24, 2.45) is 0 Å². The molecular formula is C54H38N2O2. The van der Waals surface area contributed by atoms with Crippen molar-refractivity contribution in [3.8, 4) is 66.9 Å². The first-order chi connectivity index (χ1) is 28.4. The number of carbonyl (C=O) groups is 2. The van der Waals surface area contributed by atoms with Crippen LogP contribution in [0.5, 0.6) is 0 Å². The molecule has 1 aromatic heterocycles. The summed E-state index contributed by atoms with van der Waals surface area (Å²) < 4.78 is 0. The minimum Gasteiger partial charge on any atom is -0.398 e. The zero-order valence-corrected chi connectivity index (χ0v) is 31.9. The van der Waals surface area contributed by atoms with Crippen LogP contribution in [0.25, 0.3) is 77.8 Å². The van der Waals surface area contributed by atoms with E-state index in [0.717, 1.165) is 50.2 Å². The second-order valence-corrected chi connectivity index (χ2v) is 14.4. The first kappa shape index (κ1) is 36.0. The maximum atomic E-state index is 12.0. The van der Waals surface area contributed by atoms with Gasteiger partial charge in [0.2, 0.25) is 0 Å². The smallest absolute Gasteiger partial charge is 0.196 e. The van der Waals surface area contributed by atoms with Gasteiger partial charge in [-0.25, -0.2) is 4.98 Å². The van der Waals surface area contributed by atoms with E-state index in [4.69, 9.17) is 10.7 Å². The van der Waals surface area contributed by atoms with Gasteiger partial charge >= 0.3 is 0 Å². The molecule has 276 valence electrons. The molecule has 0 saturated carbocycles. The van der Waals surface area contributed by atoms with Gasteiger partial charge < -0.3 is 5.73 Å². The van der Waals surface area contributed by atoms with Gasteiger partial charge in [-0.15, -0.1) is 0 Å². The molecule has 0 unspecified atom stereocenters. The standard InChI is InChI=1S/C27H17N.C14H12O.C13H9NO/c1-2-8-18(9-3-1)19-10-6-11-20(16-19)26-17-24-22-13-5-4-12-21(22)23-14-7-15-25(28-26)27(23)24;1-11(15)13-8-5-9-14(10-13)12-6-3-2-4-7-12;14-11-7-3-6-9-8-4-1-2-5-10(8)13(15)12(9)11/h1-17H;2-10H,1H3;1-7H,14H2. The minimum atomic E-state index is 0.0405. The fraction of sp³-hybridized carbons (Fsp3) is 0.0185. The number of pyridine rings is 1. The number of carbonyl (C=O) groups excluding carboxylic acids is 2. The summed E-state index contributed by atoms with van der Waals surface area (Å²) in [5, 5.41) is 1.27. The Hall–Kier alpha value is -7.69. The number of ketones is 2. The van der Waals surface area contributed by atoms with Crippen molar-refractivity contribution < 1.29 is 9.59 Å². The van der Waals surface area contributed by atoms with E-state index in [1.807, 2.05) is 91.0 Å². The summed E-state index contributed by atoms with van der Waals surface area (Å²) in [6.45, 7) is 1.59. The summed E-state index contributed by atoms with van der Waals surface area (Å²) in [5.74, 6) is 0.145. The van der Waals surface area contributed by atoms with E-state index in [-0.39, 0.29) is 11.6 Å². The normalized spacial score (nSPS) is 11.4. The van der Waals surface area contributed by atoms with Crippen LogP contribution < -0.4 is 5.73 Å². The lowest BCUT2D eigenvalue weighted by Gasteiger charge is -2.09. The molecule has 0 saturated heterocycles. The fourth-order valence-corrected chi connectivity index (χ4v) is 7.96. The van der Waals surface area contributed by atoms with Gasteiger partial charge in [0.05, 0.1) is 16.8 Å². The lowest BCUT2D eigenvalue weighted by atomic mass is 9.99. The summed E-state index contributed by atoms with van der Waals surface area (Å²) in [5.41, 5.74) is 23.6. The number of aromatic nitrogens is 1. The fourth-order valence-electron chi connectivity index (χ4n) is 7.96. The number of hydrogen-bond acceptors (Lipinski definition) is 4. The monoisotopic (exact) mass is 746 g/mol. The molecule has 11 rings (SSSR count). The first-order valence-corrected chi connectivity index (χ1v) is 19.3. The van der Waals surface area contributed by atoms with Gasteiger partial charge in [0.25, 0.3) is 0 Å². The summed E-state index contributed by atoms with van der Waals surface area (Å²) in [6, 6.07) is 67.5. The molecular weight excluding hydrogens is 709 g/mol. The van der Waals surface area contributed by atoms with Crippen LogP contribution in [0.2, 0.25) is 0 Å². The molecule has 58 heavy (non-hydrogen) atoms. The quantitative estimate of drug-likeness (QED) is 0.144. The highest BCUT2D eigenvalue weighted by Gasteiger charge is 2.27. The number of nitrogens with zero attached hydrogens (tertiary/aromatic N) is 1. The molecule has 0 atom stereocenters. The molecule has 2 aliphatic rings. The maximum Gasteiger partial charge on any atom is 0.196 e. The molecule has 0 amide bonds. The number of Topliss-reactive ketones (excluding diaryl/α,β-unsaturated/α-hetero) is 1. The van der Waals surface area contributed by atoms with Gasteiger partial charge in [0.15, 0.2) is 11.6 Å². The van der Waals surface area contributed by atoms with Crippen LogP contribution in [0.4, 0.5) is 5.69 Å². The number of rotatable bonds is 4. The Labute approximate surface area is 337 Å². The van der Waals surface area contributed by atoms with Crippen molar-refractivity contribution in [1.29, 1.82) is 0 Å². The zero-order chi connectivity index (χ0) is 39.6. The molecule has 4 nitrogen and oxygen atoms in total. The van der Waals surface area contributed by atoms with E-state index in [1.165, 1.54) is 38.8 Å². The Balaban J connectivity index is 0.000000123. The molecule has 0 fully saturated rings. The number of anilines is 1. The second-order valence-electron chi connectivity index (χ2n) is 14.4. The predicted octanol–water partition coefficient (Wildman–Crippen LogP) is 13.3. The van der Waals surface area contributed by atoms with Crippen molar-refractivity contribution >= 4 is 28.2 Å². The number of fused-ring (bicyclic) bond motifs is 6. The van der Waals surface area contributed by atoms with Gasteiger partial charge in [-0.05, 0) is 92.9 Å². The van der Waals surface area contributed by atoms with Gasteiger partial charge in [-0.3, -0.25) is 9.59 Å². The van der Waals surface area contributed by atoms with Crippen LogP contribution in [0.3, 0.4) is 0 Å². The van der Waals surface area contributed by atoms with Gasteiger partial charge in [0.1, 0.15) is 0 Å². The van der Waals surface area contributed by atoms with E-state index in [0.29, 0.717) is 11.3 Å². The van der Waals surface area contributed by atoms with Crippen LogP contribution in [0.15, 0.2) is 200 Å². The van der Waals surface area contributed by atoms with Crippen LogP contribution in [0.1, 0.15) is 33.2 Å². The Kier molecular flexibility index (Phi) is 9.58. The molecule has 0 bridgehead atoms. The Bertz CT molecular complexity index is 3010. The Morgan fingerprint density at radius 3 is 1.59 bits per heavy atom. The van der Waals surface area contributed by atoms with E-state index in [2.05, 4.69) is 103 Å². The molecule has 0 radical (unpaired) electrons. The largest absolute Gasteiger partial charge is 0.398 e. The van der Waals surface area contributed by atoms with Crippen molar-refractivity contribution in [2.75, 3.05) is 5.73 Å².